The van der Waals surface area contributed by atoms with Crippen LogP contribution in [-0.2, 0) is 11.2 Å². The molecule has 0 spiro atoms. The fourth-order valence-electron chi connectivity index (χ4n) is 1.91. The second-order valence-corrected chi connectivity index (χ2v) is 5.04. The van der Waals surface area contributed by atoms with Gasteiger partial charge in [0.15, 0.2) is 0 Å². The Bertz CT molecular complexity index is 334. The van der Waals surface area contributed by atoms with E-state index in [1.165, 1.54) is 5.56 Å². The van der Waals surface area contributed by atoms with Crippen molar-refractivity contribution in [2.24, 2.45) is 0 Å². The van der Waals surface area contributed by atoms with Crippen molar-refractivity contribution < 1.29 is 4.79 Å². The van der Waals surface area contributed by atoms with Gasteiger partial charge < -0.3 is 10.6 Å². The maximum atomic E-state index is 11.7. The monoisotopic (exact) mass is 253 g/mol. The second kappa shape index (κ2) is 6.74. The highest BCUT2D eigenvalue weighted by atomic mass is 32.1. The zero-order valence-electron chi connectivity index (χ0n) is 9.95. The Morgan fingerprint density at radius 1 is 1.47 bits per heavy atom. The largest absolute Gasteiger partial charge is 0.355 e. The van der Waals surface area contributed by atoms with Crippen LogP contribution in [0, 0.1) is 0 Å². The average Bonchev–Trinajstić information content (AvgIpc) is 2.83. The molecule has 0 aromatic carbocycles. The molecule has 17 heavy (non-hydrogen) atoms. The van der Waals surface area contributed by atoms with Crippen LogP contribution in [0.1, 0.15) is 5.56 Å². The molecular formula is C12H19N3OS. The van der Waals surface area contributed by atoms with Crippen molar-refractivity contribution in [2.75, 3.05) is 39.3 Å². The van der Waals surface area contributed by atoms with Crippen molar-refractivity contribution in [1.29, 1.82) is 0 Å². The first-order chi connectivity index (χ1) is 8.34. The summed E-state index contributed by atoms with van der Waals surface area (Å²) in [5, 5.41) is 10.4. The van der Waals surface area contributed by atoms with Gasteiger partial charge in [-0.2, -0.15) is 11.3 Å². The predicted molar refractivity (Wildman–Crippen MR) is 70.3 cm³/mol. The summed E-state index contributed by atoms with van der Waals surface area (Å²) in [6.45, 7) is 5.19. The lowest BCUT2D eigenvalue weighted by molar-refractivity contribution is -0.122. The van der Waals surface area contributed by atoms with Gasteiger partial charge in [0.05, 0.1) is 6.54 Å². The van der Waals surface area contributed by atoms with E-state index in [1.54, 1.807) is 11.3 Å². The lowest BCUT2D eigenvalue weighted by Crippen LogP contribution is -2.47. The molecule has 1 amide bonds. The Labute approximate surface area is 106 Å². The minimum atomic E-state index is 0.141. The molecule has 2 heterocycles. The molecule has 1 saturated heterocycles. The maximum Gasteiger partial charge on any atom is 0.234 e. The number of thiophene rings is 1. The first kappa shape index (κ1) is 12.5. The van der Waals surface area contributed by atoms with Crippen molar-refractivity contribution in [3.05, 3.63) is 22.4 Å². The van der Waals surface area contributed by atoms with E-state index < -0.39 is 0 Å². The summed E-state index contributed by atoms with van der Waals surface area (Å²) < 4.78 is 0. The fourth-order valence-corrected chi connectivity index (χ4v) is 2.61. The van der Waals surface area contributed by atoms with Gasteiger partial charge in [0.25, 0.3) is 0 Å². The molecule has 0 radical (unpaired) electrons. The van der Waals surface area contributed by atoms with E-state index in [2.05, 4.69) is 32.4 Å². The number of hydrogen-bond donors (Lipinski definition) is 2. The third-order valence-electron chi connectivity index (χ3n) is 2.89. The van der Waals surface area contributed by atoms with Crippen LogP contribution in [0.25, 0.3) is 0 Å². The van der Waals surface area contributed by atoms with Gasteiger partial charge >= 0.3 is 0 Å². The van der Waals surface area contributed by atoms with E-state index in [-0.39, 0.29) is 5.91 Å². The Morgan fingerprint density at radius 3 is 3.00 bits per heavy atom. The van der Waals surface area contributed by atoms with Crippen LogP contribution in [0.5, 0.6) is 0 Å². The van der Waals surface area contributed by atoms with E-state index in [0.29, 0.717) is 6.54 Å². The molecule has 2 rings (SSSR count). The standard InChI is InChI=1S/C12H19N3OS/c16-12(9-15-6-4-13-5-7-15)14-3-1-11-2-8-17-10-11/h2,8,10,13H,1,3-7,9H2,(H,14,16). The molecule has 0 bridgehead atoms. The van der Waals surface area contributed by atoms with E-state index in [4.69, 9.17) is 0 Å². The lowest BCUT2D eigenvalue weighted by atomic mass is 10.2. The number of amides is 1. The highest BCUT2D eigenvalue weighted by Gasteiger charge is 2.12. The topological polar surface area (TPSA) is 44.4 Å². The normalized spacial score (nSPS) is 16.9. The third-order valence-corrected chi connectivity index (χ3v) is 3.62. The van der Waals surface area contributed by atoms with Crippen LogP contribution in [-0.4, -0.2) is 50.1 Å². The summed E-state index contributed by atoms with van der Waals surface area (Å²) in [5.74, 6) is 0.141. The molecule has 0 saturated carbocycles. The van der Waals surface area contributed by atoms with Gasteiger partial charge in [0.1, 0.15) is 0 Å². The zero-order chi connectivity index (χ0) is 11.9. The lowest BCUT2D eigenvalue weighted by Gasteiger charge is -2.26. The van der Waals surface area contributed by atoms with Crippen molar-refractivity contribution in [2.45, 2.75) is 6.42 Å². The van der Waals surface area contributed by atoms with Crippen molar-refractivity contribution >= 4 is 17.2 Å². The number of hydrogen-bond acceptors (Lipinski definition) is 4. The Morgan fingerprint density at radius 2 is 2.29 bits per heavy atom. The van der Waals surface area contributed by atoms with Crippen LogP contribution in [0.4, 0.5) is 0 Å². The minimum Gasteiger partial charge on any atom is -0.355 e. The third kappa shape index (κ3) is 4.46. The molecule has 1 aromatic rings. The number of carbonyl (C=O) groups excluding carboxylic acids is 1. The number of carbonyl (C=O) groups is 1. The Balaban J connectivity index is 1.60. The van der Waals surface area contributed by atoms with Crippen molar-refractivity contribution in [1.82, 2.24) is 15.5 Å². The van der Waals surface area contributed by atoms with Gasteiger partial charge in [-0.15, -0.1) is 0 Å². The van der Waals surface area contributed by atoms with E-state index >= 15 is 0 Å². The van der Waals surface area contributed by atoms with E-state index in [0.717, 1.165) is 39.1 Å². The highest BCUT2D eigenvalue weighted by Crippen LogP contribution is 2.05. The summed E-state index contributed by atoms with van der Waals surface area (Å²) in [4.78, 5) is 13.9. The average molecular weight is 253 g/mol. The first-order valence-electron chi connectivity index (χ1n) is 6.05. The molecule has 1 aliphatic rings. The van der Waals surface area contributed by atoms with E-state index in [1.807, 2.05) is 0 Å². The second-order valence-electron chi connectivity index (χ2n) is 4.26. The fraction of sp³-hybridized carbons (Fsp3) is 0.583. The van der Waals surface area contributed by atoms with Crippen LogP contribution in [0.3, 0.4) is 0 Å². The molecule has 94 valence electrons. The van der Waals surface area contributed by atoms with Crippen molar-refractivity contribution in [3.63, 3.8) is 0 Å². The highest BCUT2D eigenvalue weighted by molar-refractivity contribution is 7.07. The number of rotatable bonds is 5. The minimum absolute atomic E-state index is 0.141. The van der Waals surface area contributed by atoms with Crippen molar-refractivity contribution in [3.8, 4) is 0 Å². The van der Waals surface area contributed by atoms with Gasteiger partial charge in [0.2, 0.25) is 5.91 Å². The molecule has 0 unspecified atom stereocenters. The predicted octanol–water partition coefficient (Wildman–Crippen LogP) is 0.312. The zero-order valence-corrected chi connectivity index (χ0v) is 10.8. The van der Waals surface area contributed by atoms with Gasteiger partial charge in [0, 0.05) is 32.7 Å². The maximum absolute atomic E-state index is 11.7. The first-order valence-corrected chi connectivity index (χ1v) is 7.00. The summed E-state index contributed by atoms with van der Waals surface area (Å²) in [6, 6.07) is 2.10. The molecule has 0 atom stereocenters. The molecule has 1 fully saturated rings. The smallest absolute Gasteiger partial charge is 0.234 e. The summed E-state index contributed by atoms with van der Waals surface area (Å²) >= 11 is 1.70. The van der Waals surface area contributed by atoms with Crippen LogP contribution < -0.4 is 10.6 Å². The Hall–Kier alpha value is -0.910. The number of nitrogens with zero attached hydrogens (tertiary/aromatic N) is 1. The molecule has 1 aliphatic heterocycles. The molecule has 4 nitrogen and oxygen atoms in total. The van der Waals surface area contributed by atoms with Crippen LogP contribution in [0.15, 0.2) is 16.8 Å². The van der Waals surface area contributed by atoms with Crippen LogP contribution >= 0.6 is 11.3 Å². The van der Waals surface area contributed by atoms with Gasteiger partial charge in [-0.25, -0.2) is 0 Å². The van der Waals surface area contributed by atoms with Gasteiger partial charge in [-0.05, 0) is 28.8 Å². The molecule has 5 heteroatoms. The number of piperazine rings is 1. The Kier molecular flexibility index (Phi) is 4.97. The summed E-state index contributed by atoms with van der Waals surface area (Å²) in [6.07, 6.45) is 0.927. The SMILES string of the molecule is O=C(CN1CCNCC1)NCCc1ccsc1. The number of nitrogens with one attached hydrogen (secondary N) is 2. The molecule has 0 aliphatic carbocycles. The van der Waals surface area contributed by atoms with Gasteiger partial charge in [-0.3, -0.25) is 9.69 Å². The molecule has 1 aromatic heterocycles. The van der Waals surface area contributed by atoms with Crippen LogP contribution in [0.2, 0.25) is 0 Å². The summed E-state index contributed by atoms with van der Waals surface area (Å²) in [7, 11) is 0. The van der Waals surface area contributed by atoms with Gasteiger partial charge in [-0.1, -0.05) is 0 Å². The molecular weight excluding hydrogens is 234 g/mol. The quantitative estimate of drug-likeness (QED) is 0.794. The van der Waals surface area contributed by atoms with E-state index in [9.17, 15) is 4.79 Å². The molecule has 2 N–H and O–H groups in total. The summed E-state index contributed by atoms with van der Waals surface area (Å²) in [5.41, 5.74) is 1.30.